The number of amides is 2. The predicted molar refractivity (Wildman–Crippen MR) is 91.8 cm³/mol. The minimum absolute atomic E-state index is 0.117. The third-order valence-electron chi connectivity index (χ3n) is 4.67. The van der Waals surface area contributed by atoms with Crippen molar-refractivity contribution in [1.29, 1.82) is 0 Å². The Morgan fingerprint density at radius 1 is 1.44 bits per heavy atom. The molecule has 1 N–H and O–H groups in total. The number of hydrogen-bond acceptors (Lipinski definition) is 4. The van der Waals surface area contributed by atoms with E-state index >= 15 is 0 Å². The van der Waals surface area contributed by atoms with E-state index in [1.807, 2.05) is 0 Å². The third kappa shape index (κ3) is 5.07. The lowest BCUT2D eigenvalue weighted by molar-refractivity contribution is 0.185. The molecule has 1 aliphatic carbocycles. The van der Waals surface area contributed by atoms with Crippen LogP contribution in [0.15, 0.2) is 24.3 Å². The Morgan fingerprint density at radius 3 is 2.84 bits per heavy atom. The molecular formula is C17H23FN2O4S. The fraction of sp³-hybridized carbons (Fsp3) is 0.588. The van der Waals surface area contributed by atoms with Crippen LogP contribution in [0.3, 0.4) is 0 Å². The molecule has 138 valence electrons. The Balaban J connectivity index is 1.46. The molecule has 0 bridgehead atoms. The van der Waals surface area contributed by atoms with Crippen LogP contribution in [-0.4, -0.2) is 57.1 Å². The first-order valence-corrected chi connectivity index (χ1v) is 10.4. The number of nitrogens with zero attached hydrogens (tertiary/aromatic N) is 1. The van der Waals surface area contributed by atoms with E-state index in [0.717, 1.165) is 12.8 Å². The van der Waals surface area contributed by atoms with Gasteiger partial charge in [0, 0.05) is 37.2 Å². The highest BCUT2D eigenvalue weighted by Crippen LogP contribution is 2.46. The topological polar surface area (TPSA) is 75.7 Å². The SMILES string of the molecule is CS(=O)(=O)CC1(CNC(=O)N2CCC(Oc3cccc(F)c3)C2)CC1. The maximum atomic E-state index is 13.2. The van der Waals surface area contributed by atoms with Crippen LogP contribution in [0.1, 0.15) is 19.3 Å². The highest BCUT2D eigenvalue weighted by atomic mass is 32.2. The number of urea groups is 1. The smallest absolute Gasteiger partial charge is 0.317 e. The Labute approximate surface area is 147 Å². The molecular weight excluding hydrogens is 347 g/mol. The second-order valence-corrected chi connectivity index (χ2v) is 9.30. The van der Waals surface area contributed by atoms with Gasteiger partial charge in [0.25, 0.3) is 0 Å². The molecule has 1 saturated heterocycles. The number of carbonyl (C=O) groups is 1. The van der Waals surface area contributed by atoms with Gasteiger partial charge in [-0.15, -0.1) is 0 Å². The van der Waals surface area contributed by atoms with Crippen molar-refractivity contribution in [2.75, 3.05) is 31.6 Å². The standard InChI is InChI=1S/C17H23FN2O4S/c1-25(22,23)12-17(6-7-17)11-19-16(21)20-8-5-15(10-20)24-14-4-2-3-13(18)9-14/h2-4,9,15H,5-8,10-12H2,1H3,(H,19,21). The number of carbonyl (C=O) groups excluding carboxylic acids is 1. The van der Waals surface area contributed by atoms with Crippen LogP contribution in [0.25, 0.3) is 0 Å². The molecule has 1 heterocycles. The number of nitrogens with one attached hydrogen (secondary N) is 1. The molecule has 2 amide bonds. The Morgan fingerprint density at radius 2 is 2.20 bits per heavy atom. The molecule has 25 heavy (non-hydrogen) atoms. The molecule has 2 aliphatic rings. The molecule has 1 aromatic carbocycles. The first-order valence-electron chi connectivity index (χ1n) is 8.37. The summed E-state index contributed by atoms with van der Waals surface area (Å²) in [4.78, 5) is 13.9. The molecule has 6 nitrogen and oxygen atoms in total. The molecule has 1 atom stereocenters. The van der Waals surface area contributed by atoms with Crippen molar-refractivity contribution in [2.24, 2.45) is 5.41 Å². The highest BCUT2D eigenvalue weighted by molar-refractivity contribution is 7.90. The minimum Gasteiger partial charge on any atom is -0.488 e. The predicted octanol–water partition coefficient (Wildman–Crippen LogP) is 1.81. The number of ether oxygens (including phenoxy) is 1. The molecule has 0 spiro atoms. The summed E-state index contributed by atoms with van der Waals surface area (Å²) < 4.78 is 41.8. The van der Waals surface area contributed by atoms with E-state index in [2.05, 4.69) is 5.32 Å². The average Bonchev–Trinajstić information content (AvgIpc) is 3.09. The van der Waals surface area contributed by atoms with Crippen LogP contribution >= 0.6 is 0 Å². The quantitative estimate of drug-likeness (QED) is 0.829. The van der Waals surface area contributed by atoms with Gasteiger partial charge in [0.2, 0.25) is 0 Å². The molecule has 1 aromatic rings. The van der Waals surface area contributed by atoms with Crippen molar-refractivity contribution in [3.05, 3.63) is 30.1 Å². The van der Waals surface area contributed by atoms with Gasteiger partial charge in [0.15, 0.2) is 0 Å². The maximum Gasteiger partial charge on any atom is 0.317 e. The first kappa shape index (κ1) is 18.0. The van der Waals surface area contributed by atoms with Crippen LogP contribution < -0.4 is 10.1 Å². The monoisotopic (exact) mass is 370 g/mol. The Bertz CT molecular complexity index is 749. The van der Waals surface area contributed by atoms with Gasteiger partial charge in [0.05, 0.1) is 12.3 Å². The first-order chi connectivity index (χ1) is 11.7. The molecule has 0 radical (unpaired) electrons. The largest absolute Gasteiger partial charge is 0.488 e. The third-order valence-corrected chi connectivity index (χ3v) is 5.81. The van der Waals surface area contributed by atoms with E-state index in [-0.39, 0.29) is 29.1 Å². The van der Waals surface area contributed by atoms with E-state index < -0.39 is 9.84 Å². The molecule has 1 saturated carbocycles. The van der Waals surface area contributed by atoms with Crippen LogP contribution in [-0.2, 0) is 9.84 Å². The minimum atomic E-state index is -3.05. The Kier molecular flexibility index (Phi) is 4.90. The van der Waals surface area contributed by atoms with Crippen molar-refractivity contribution in [3.8, 4) is 5.75 Å². The van der Waals surface area contributed by atoms with E-state index in [0.29, 0.717) is 31.8 Å². The molecule has 1 unspecified atom stereocenters. The zero-order valence-corrected chi connectivity index (χ0v) is 15.0. The highest BCUT2D eigenvalue weighted by Gasteiger charge is 2.45. The lowest BCUT2D eigenvalue weighted by Gasteiger charge is -2.20. The van der Waals surface area contributed by atoms with Gasteiger partial charge >= 0.3 is 6.03 Å². The zero-order valence-electron chi connectivity index (χ0n) is 14.2. The summed E-state index contributed by atoms with van der Waals surface area (Å²) in [5.74, 6) is 0.217. The average molecular weight is 370 g/mol. The number of halogens is 1. The van der Waals surface area contributed by atoms with Crippen LogP contribution in [0, 0.1) is 11.2 Å². The molecule has 2 fully saturated rings. The fourth-order valence-corrected chi connectivity index (χ4v) is 4.72. The summed E-state index contributed by atoms with van der Waals surface area (Å²) in [6, 6.07) is 5.75. The number of benzene rings is 1. The van der Waals surface area contributed by atoms with Crippen LogP contribution in [0.2, 0.25) is 0 Å². The second-order valence-electron chi connectivity index (χ2n) is 7.16. The van der Waals surface area contributed by atoms with Gasteiger partial charge in [-0.1, -0.05) is 6.07 Å². The number of sulfone groups is 1. The summed E-state index contributed by atoms with van der Waals surface area (Å²) in [5, 5.41) is 2.85. The van der Waals surface area contributed by atoms with Gasteiger partial charge in [-0.05, 0) is 25.0 Å². The number of likely N-dealkylation sites (tertiary alicyclic amines) is 1. The van der Waals surface area contributed by atoms with Gasteiger partial charge < -0.3 is 15.0 Å². The molecule has 0 aromatic heterocycles. The number of rotatable bonds is 6. The van der Waals surface area contributed by atoms with Crippen molar-refractivity contribution in [3.63, 3.8) is 0 Å². The summed E-state index contributed by atoms with van der Waals surface area (Å²) >= 11 is 0. The van der Waals surface area contributed by atoms with Crippen LogP contribution in [0.5, 0.6) is 5.75 Å². The molecule has 3 rings (SSSR count). The van der Waals surface area contributed by atoms with E-state index in [9.17, 15) is 17.6 Å². The van der Waals surface area contributed by atoms with Gasteiger partial charge in [-0.25, -0.2) is 17.6 Å². The van der Waals surface area contributed by atoms with Gasteiger partial charge in [0.1, 0.15) is 27.5 Å². The lowest BCUT2D eigenvalue weighted by atomic mass is 10.1. The van der Waals surface area contributed by atoms with Crippen molar-refractivity contribution < 1.29 is 22.3 Å². The number of hydrogen-bond donors (Lipinski definition) is 1. The second kappa shape index (κ2) is 6.82. The van der Waals surface area contributed by atoms with Crippen molar-refractivity contribution in [2.45, 2.75) is 25.4 Å². The summed E-state index contributed by atoms with van der Waals surface area (Å²) in [6.45, 7) is 1.37. The lowest BCUT2D eigenvalue weighted by Crippen LogP contribution is -2.42. The van der Waals surface area contributed by atoms with E-state index in [1.54, 1.807) is 17.0 Å². The molecule has 1 aliphatic heterocycles. The van der Waals surface area contributed by atoms with Gasteiger partial charge in [-0.3, -0.25) is 0 Å². The molecule has 8 heteroatoms. The summed E-state index contributed by atoms with van der Waals surface area (Å²) in [5.41, 5.74) is -0.291. The summed E-state index contributed by atoms with van der Waals surface area (Å²) in [6.07, 6.45) is 3.39. The zero-order chi connectivity index (χ0) is 18.1. The van der Waals surface area contributed by atoms with Crippen molar-refractivity contribution >= 4 is 15.9 Å². The fourth-order valence-electron chi connectivity index (χ4n) is 3.22. The Hall–Kier alpha value is -1.83. The van der Waals surface area contributed by atoms with Gasteiger partial charge in [-0.2, -0.15) is 0 Å². The van der Waals surface area contributed by atoms with Crippen LogP contribution in [0.4, 0.5) is 9.18 Å². The van der Waals surface area contributed by atoms with Crippen molar-refractivity contribution in [1.82, 2.24) is 10.2 Å². The summed E-state index contributed by atoms with van der Waals surface area (Å²) in [7, 11) is -3.05. The van der Waals surface area contributed by atoms with E-state index in [1.165, 1.54) is 18.4 Å². The van der Waals surface area contributed by atoms with E-state index in [4.69, 9.17) is 4.74 Å². The maximum absolute atomic E-state index is 13.2. The normalized spacial score (nSPS) is 21.8.